The van der Waals surface area contributed by atoms with Crippen LogP contribution in [0.25, 0.3) is 11.1 Å². The number of fused-ring (bicyclic) bond motifs is 1. The van der Waals surface area contributed by atoms with Crippen molar-refractivity contribution in [2.75, 3.05) is 0 Å². The van der Waals surface area contributed by atoms with Gasteiger partial charge in [-0.1, -0.05) is 12.1 Å². The van der Waals surface area contributed by atoms with Crippen molar-refractivity contribution >= 4 is 23.7 Å². The van der Waals surface area contributed by atoms with Gasteiger partial charge in [0.2, 0.25) is 0 Å². The summed E-state index contributed by atoms with van der Waals surface area (Å²) in [6.07, 6.45) is 0. The summed E-state index contributed by atoms with van der Waals surface area (Å²) in [6.45, 7) is 7.97. The number of H-pyrrole nitrogens is 1. The fraction of sp³-hybridized carbons (Fsp3) is 0.462. The van der Waals surface area contributed by atoms with Crippen LogP contribution in [-0.4, -0.2) is 23.3 Å². The summed E-state index contributed by atoms with van der Waals surface area (Å²) in [5.41, 5.74) is 1.10. The van der Waals surface area contributed by atoms with Crippen molar-refractivity contribution in [1.82, 2.24) is 4.98 Å². The maximum absolute atomic E-state index is 11.3. The number of hydrogen-bond acceptors (Lipinski definition) is 4. The Morgan fingerprint density at radius 3 is 2.37 bits per heavy atom. The predicted octanol–water partition coefficient (Wildman–Crippen LogP) is 1.42. The molecule has 6 heteroatoms. The number of oxazole rings is 1. The molecule has 0 radical (unpaired) electrons. The van der Waals surface area contributed by atoms with E-state index >= 15 is 0 Å². The van der Waals surface area contributed by atoms with Gasteiger partial charge in [-0.2, -0.15) is 0 Å². The summed E-state index contributed by atoms with van der Waals surface area (Å²) in [6, 6.07) is 5.43. The highest BCUT2D eigenvalue weighted by atomic mass is 16.7. The Bertz CT molecular complexity index is 669. The number of nitrogens with one attached hydrogen (secondary N) is 1. The summed E-state index contributed by atoms with van der Waals surface area (Å²) in [4.78, 5) is 14.0. The highest BCUT2D eigenvalue weighted by Crippen LogP contribution is 2.36. The maximum Gasteiger partial charge on any atom is 0.497 e. The minimum atomic E-state index is -0.512. The van der Waals surface area contributed by atoms with Crippen LogP contribution in [0.4, 0.5) is 0 Å². The minimum absolute atomic E-state index is 0.413. The largest absolute Gasteiger partial charge is 0.497 e. The highest BCUT2D eigenvalue weighted by Gasteiger charge is 2.52. The van der Waals surface area contributed by atoms with Gasteiger partial charge in [-0.05, 0) is 33.8 Å². The molecule has 2 heterocycles. The zero-order chi connectivity index (χ0) is 13.8. The lowest BCUT2D eigenvalue weighted by molar-refractivity contribution is 0.00578. The van der Waals surface area contributed by atoms with Crippen LogP contribution in [0.2, 0.25) is 0 Å². The van der Waals surface area contributed by atoms with Crippen LogP contribution >= 0.6 is 0 Å². The second kappa shape index (κ2) is 3.74. The second-order valence-electron chi connectivity index (χ2n) is 5.82. The third-order valence-corrected chi connectivity index (χ3v) is 4.00. The average Bonchev–Trinajstić information content (AvgIpc) is 2.75. The van der Waals surface area contributed by atoms with E-state index in [1.807, 2.05) is 39.8 Å². The molecule has 0 unspecified atom stereocenters. The normalized spacial score (nSPS) is 21.2. The Morgan fingerprint density at radius 1 is 1.11 bits per heavy atom. The SMILES string of the molecule is CC1(C)OB(c2cccc3oc(=O)[nH]c23)OC1(C)C. The molecule has 5 nitrogen and oxygen atoms in total. The molecule has 0 atom stereocenters. The molecule has 1 aliphatic heterocycles. The van der Waals surface area contributed by atoms with Gasteiger partial charge in [0.05, 0.1) is 16.7 Å². The number of benzene rings is 1. The zero-order valence-corrected chi connectivity index (χ0v) is 11.4. The van der Waals surface area contributed by atoms with Crippen molar-refractivity contribution in [1.29, 1.82) is 0 Å². The van der Waals surface area contributed by atoms with Gasteiger partial charge in [0.1, 0.15) is 0 Å². The van der Waals surface area contributed by atoms with Gasteiger partial charge in [-0.15, -0.1) is 0 Å². The number of aromatic nitrogens is 1. The summed E-state index contributed by atoms with van der Waals surface area (Å²) in [5, 5.41) is 0. The first-order valence-electron chi connectivity index (χ1n) is 6.27. The molecule has 3 rings (SSSR count). The quantitative estimate of drug-likeness (QED) is 0.788. The molecule has 0 bridgehead atoms. The Morgan fingerprint density at radius 2 is 1.74 bits per heavy atom. The summed E-state index contributed by atoms with van der Waals surface area (Å²) in [7, 11) is -0.512. The summed E-state index contributed by atoms with van der Waals surface area (Å²) in [5.74, 6) is -0.473. The van der Waals surface area contributed by atoms with Crippen LogP contribution in [-0.2, 0) is 9.31 Å². The van der Waals surface area contributed by atoms with Gasteiger partial charge in [-0.25, -0.2) is 4.79 Å². The summed E-state index contributed by atoms with van der Waals surface area (Å²) < 4.78 is 17.0. The fourth-order valence-electron chi connectivity index (χ4n) is 2.16. The molecule has 100 valence electrons. The molecule has 0 saturated carbocycles. The molecule has 1 fully saturated rings. The van der Waals surface area contributed by atoms with E-state index < -0.39 is 24.1 Å². The predicted molar refractivity (Wildman–Crippen MR) is 72.6 cm³/mol. The number of rotatable bonds is 1. The monoisotopic (exact) mass is 261 g/mol. The third-order valence-electron chi connectivity index (χ3n) is 4.00. The number of aromatic amines is 1. The van der Waals surface area contributed by atoms with Crippen LogP contribution in [0.1, 0.15) is 27.7 Å². The van der Waals surface area contributed by atoms with Gasteiger partial charge >= 0.3 is 12.9 Å². The van der Waals surface area contributed by atoms with E-state index in [-0.39, 0.29) is 0 Å². The van der Waals surface area contributed by atoms with Crippen molar-refractivity contribution in [3.05, 3.63) is 28.7 Å². The van der Waals surface area contributed by atoms with E-state index in [0.717, 1.165) is 5.46 Å². The molecule has 19 heavy (non-hydrogen) atoms. The molecule has 0 aliphatic carbocycles. The molecular formula is C13H16BNO4. The lowest BCUT2D eigenvalue weighted by Crippen LogP contribution is -2.41. The maximum atomic E-state index is 11.3. The van der Waals surface area contributed by atoms with Gasteiger partial charge in [0.25, 0.3) is 0 Å². The topological polar surface area (TPSA) is 64.5 Å². The molecule has 1 aromatic carbocycles. The van der Waals surface area contributed by atoms with E-state index in [0.29, 0.717) is 11.1 Å². The first-order chi connectivity index (χ1) is 8.80. The average molecular weight is 261 g/mol. The molecule has 0 amide bonds. The fourth-order valence-corrected chi connectivity index (χ4v) is 2.16. The van der Waals surface area contributed by atoms with Gasteiger partial charge in [0.15, 0.2) is 5.58 Å². The molecule has 2 aromatic rings. The van der Waals surface area contributed by atoms with Crippen LogP contribution in [0.3, 0.4) is 0 Å². The van der Waals surface area contributed by atoms with Crippen molar-refractivity contribution in [2.45, 2.75) is 38.9 Å². The smallest absolute Gasteiger partial charge is 0.408 e. The van der Waals surface area contributed by atoms with E-state index in [4.69, 9.17) is 13.7 Å². The first kappa shape index (κ1) is 12.5. The molecule has 1 aliphatic rings. The van der Waals surface area contributed by atoms with Gasteiger partial charge in [-0.3, -0.25) is 4.98 Å². The molecule has 1 saturated heterocycles. The third kappa shape index (κ3) is 1.83. The van der Waals surface area contributed by atoms with Crippen LogP contribution in [0, 0.1) is 0 Å². The molecule has 1 aromatic heterocycles. The van der Waals surface area contributed by atoms with Crippen LogP contribution in [0.5, 0.6) is 0 Å². The highest BCUT2D eigenvalue weighted by molar-refractivity contribution is 6.64. The Balaban J connectivity index is 2.09. The number of para-hydroxylation sites is 1. The molecular weight excluding hydrogens is 245 g/mol. The van der Waals surface area contributed by atoms with Crippen molar-refractivity contribution in [2.24, 2.45) is 0 Å². The van der Waals surface area contributed by atoms with Crippen molar-refractivity contribution in [3.63, 3.8) is 0 Å². The van der Waals surface area contributed by atoms with Crippen LogP contribution < -0.4 is 11.2 Å². The zero-order valence-electron chi connectivity index (χ0n) is 11.4. The Hall–Kier alpha value is -1.53. The van der Waals surface area contributed by atoms with Gasteiger partial charge in [0, 0.05) is 5.46 Å². The minimum Gasteiger partial charge on any atom is -0.408 e. The second-order valence-corrected chi connectivity index (χ2v) is 5.82. The summed E-state index contributed by atoms with van der Waals surface area (Å²) >= 11 is 0. The van der Waals surface area contributed by atoms with E-state index in [9.17, 15) is 4.79 Å². The Labute approximate surface area is 111 Å². The van der Waals surface area contributed by atoms with E-state index in [1.165, 1.54) is 0 Å². The lowest BCUT2D eigenvalue weighted by atomic mass is 9.78. The number of hydrogen-bond donors (Lipinski definition) is 1. The van der Waals surface area contributed by atoms with E-state index in [2.05, 4.69) is 4.98 Å². The van der Waals surface area contributed by atoms with Crippen LogP contribution in [0.15, 0.2) is 27.4 Å². The van der Waals surface area contributed by atoms with Crippen molar-refractivity contribution in [3.8, 4) is 0 Å². The Kier molecular flexibility index (Phi) is 2.46. The van der Waals surface area contributed by atoms with Gasteiger partial charge < -0.3 is 13.7 Å². The lowest BCUT2D eigenvalue weighted by Gasteiger charge is -2.32. The van der Waals surface area contributed by atoms with Crippen molar-refractivity contribution < 1.29 is 13.7 Å². The molecule has 1 N–H and O–H groups in total. The molecule has 0 spiro atoms. The van der Waals surface area contributed by atoms with E-state index in [1.54, 1.807) is 6.07 Å². The first-order valence-corrected chi connectivity index (χ1v) is 6.27. The standard InChI is InChI=1S/C13H16BNO4/c1-12(2)13(3,4)19-14(18-12)8-6-5-7-9-10(8)15-11(16)17-9/h5-7H,1-4H3,(H,15,16).